The van der Waals surface area contributed by atoms with Crippen molar-refractivity contribution >= 4 is 23.5 Å². The first-order chi connectivity index (χ1) is 2.77. The van der Waals surface area contributed by atoms with E-state index in [0.29, 0.717) is 5.75 Å². The summed E-state index contributed by atoms with van der Waals surface area (Å²) in [5.41, 5.74) is 0. The average molecular weight is 144 g/mol. The van der Waals surface area contributed by atoms with Gasteiger partial charge < -0.3 is 4.55 Å². The first-order valence-electron chi connectivity index (χ1n) is 1.83. The third-order valence-corrected chi connectivity index (χ3v) is 1.11. The van der Waals surface area contributed by atoms with E-state index < -0.39 is 11.1 Å². The number of halogens is 1. The highest BCUT2D eigenvalue weighted by molar-refractivity contribution is 7.79. The van der Waals surface area contributed by atoms with Gasteiger partial charge in [-0.1, -0.05) is 18.0 Å². The Labute approximate surface area is 52.0 Å². The van der Waals surface area contributed by atoms with Gasteiger partial charge in [0.25, 0.3) is 0 Å². The van der Waals surface area contributed by atoms with Gasteiger partial charge in [0.2, 0.25) is 0 Å². The van der Waals surface area contributed by atoms with Gasteiger partial charge in [0, 0.05) is 5.75 Å². The van der Waals surface area contributed by atoms with Crippen molar-refractivity contribution in [2.75, 3.05) is 5.75 Å². The molecule has 0 aliphatic heterocycles. The zero-order valence-corrected chi connectivity index (χ0v) is 5.68. The van der Waals surface area contributed by atoms with Crippen LogP contribution in [0.5, 0.6) is 0 Å². The zero-order valence-electron chi connectivity index (χ0n) is 4.05. The van der Waals surface area contributed by atoms with Gasteiger partial charge in [-0.3, -0.25) is 4.21 Å². The van der Waals surface area contributed by atoms with Crippen molar-refractivity contribution in [1.29, 1.82) is 0 Å². The Morgan fingerprint density at radius 3 is 2.14 bits per heavy atom. The minimum absolute atomic E-state index is 0. The summed E-state index contributed by atoms with van der Waals surface area (Å²) in [6.07, 6.45) is 0.718. The quantitative estimate of drug-likeness (QED) is 0.534. The largest absolute Gasteiger partial charge is 0.772 e. The van der Waals surface area contributed by atoms with Gasteiger partial charge in [0.05, 0.1) is 0 Å². The van der Waals surface area contributed by atoms with E-state index in [9.17, 15) is 8.76 Å². The summed E-state index contributed by atoms with van der Waals surface area (Å²) < 4.78 is 19.2. The maximum absolute atomic E-state index is 9.60. The third-order valence-electron chi connectivity index (χ3n) is 0.371. The van der Waals surface area contributed by atoms with Crippen molar-refractivity contribution in [2.24, 2.45) is 0 Å². The molecule has 1 unspecified atom stereocenters. The summed E-state index contributed by atoms with van der Waals surface area (Å²) in [4.78, 5) is 0. The second-order valence-corrected chi connectivity index (χ2v) is 2.02. The van der Waals surface area contributed by atoms with Crippen LogP contribution in [0.3, 0.4) is 0 Å². The van der Waals surface area contributed by atoms with Gasteiger partial charge in [0.15, 0.2) is 0 Å². The first-order valence-corrected chi connectivity index (χ1v) is 3.07. The van der Waals surface area contributed by atoms with Crippen molar-refractivity contribution in [3.63, 3.8) is 0 Å². The standard InChI is InChI=1S/C3H8O2S.ClH/c1-2-3-6(4)5;/h2-3H2,1H3,(H,4,5);1H/p-1. The zero-order chi connectivity index (χ0) is 4.99. The molecule has 0 rings (SSSR count). The van der Waals surface area contributed by atoms with Crippen LogP contribution in [0.1, 0.15) is 13.3 Å². The molecule has 0 fully saturated rings. The van der Waals surface area contributed by atoms with Crippen LogP contribution in [0.25, 0.3) is 0 Å². The first kappa shape index (κ1) is 10.4. The summed E-state index contributed by atoms with van der Waals surface area (Å²) in [6, 6.07) is 0. The van der Waals surface area contributed by atoms with Crippen LogP contribution in [0, 0.1) is 0 Å². The van der Waals surface area contributed by atoms with Gasteiger partial charge in [-0.2, -0.15) is 0 Å². The fraction of sp³-hybridized carbons (Fsp3) is 1.00. The second kappa shape index (κ2) is 6.40. The van der Waals surface area contributed by atoms with Crippen molar-refractivity contribution < 1.29 is 8.76 Å². The molecule has 0 aliphatic carbocycles. The Balaban J connectivity index is 0. The molecule has 0 heterocycles. The molecule has 0 aromatic heterocycles. The molecule has 0 aromatic rings. The Bertz CT molecular complexity index is 56.9. The minimum Gasteiger partial charge on any atom is -0.772 e. The smallest absolute Gasteiger partial charge is 0.00989 e. The molecule has 2 nitrogen and oxygen atoms in total. The predicted molar refractivity (Wildman–Crippen MR) is 31.3 cm³/mol. The van der Waals surface area contributed by atoms with E-state index in [2.05, 4.69) is 0 Å². The van der Waals surface area contributed by atoms with Gasteiger partial charge in [-0.15, -0.1) is 12.4 Å². The maximum atomic E-state index is 9.60. The second-order valence-electron chi connectivity index (χ2n) is 1.01. The van der Waals surface area contributed by atoms with Crippen LogP contribution in [0.2, 0.25) is 0 Å². The Kier molecular flexibility index (Phi) is 9.50. The lowest BCUT2D eigenvalue weighted by molar-refractivity contribution is 0.536. The van der Waals surface area contributed by atoms with Gasteiger partial charge in [-0.25, -0.2) is 0 Å². The monoisotopic (exact) mass is 143 g/mol. The van der Waals surface area contributed by atoms with Crippen LogP contribution < -0.4 is 0 Å². The van der Waals surface area contributed by atoms with Crippen molar-refractivity contribution in [3.05, 3.63) is 0 Å². The molecular weight excluding hydrogens is 136 g/mol. The lowest BCUT2D eigenvalue weighted by Crippen LogP contribution is -1.90. The molecule has 0 radical (unpaired) electrons. The molecule has 7 heavy (non-hydrogen) atoms. The number of hydrogen-bond donors (Lipinski definition) is 0. The summed E-state index contributed by atoms with van der Waals surface area (Å²) >= 11 is -1.82. The Morgan fingerprint density at radius 2 is 2.14 bits per heavy atom. The van der Waals surface area contributed by atoms with E-state index in [1.54, 1.807) is 0 Å². The normalized spacial score (nSPS) is 12.3. The summed E-state index contributed by atoms with van der Waals surface area (Å²) in [6.45, 7) is 1.83. The molecule has 46 valence electrons. The lowest BCUT2D eigenvalue weighted by atomic mass is 10.6. The third kappa shape index (κ3) is 10.7. The summed E-state index contributed by atoms with van der Waals surface area (Å²) in [5, 5.41) is 0. The maximum Gasteiger partial charge on any atom is 0.00989 e. The molecule has 1 atom stereocenters. The van der Waals surface area contributed by atoms with Crippen molar-refractivity contribution in [3.8, 4) is 0 Å². The van der Waals surface area contributed by atoms with Crippen LogP contribution in [0.4, 0.5) is 0 Å². The summed E-state index contributed by atoms with van der Waals surface area (Å²) in [7, 11) is 0. The predicted octanol–water partition coefficient (Wildman–Crippen LogP) is 0.697. The highest BCUT2D eigenvalue weighted by Crippen LogP contribution is 1.76. The molecule has 0 spiro atoms. The van der Waals surface area contributed by atoms with Crippen molar-refractivity contribution in [1.82, 2.24) is 0 Å². The fourth-order valence-electron chi connectivity index (χ4n) is 0.167. The highest BCUT2D eigenvalue weighted by atomic mass is 35.5. The van der Waals surface area contributed by atoms with Crippen molar-refractivity contribution in [2.45, 2.75) is 13.3 Å². The summed E-state index contributed by atoms with van der Waals surface area (Å²) in [5.74, 6) is 0.292. The molecule has 0 N–H and O–H groups in total. The molecule has 0 bridgehead atoms. The molecule has 0 aliphatic rings. The molecular formula is C3H8ClO2S-. The van der Waals surface area contributed by atoms with E-state index in [1.165, 1.54) is 0 Å². The van der Waals surface area contributed by atoms with Crippen LogP contribution in [0.15, 0.2) is 0 Å². The number of hydrogen-bond acceptors (Lipinski definition) is 2. The molecule has 0 amide bonds. The minimum atomic E-state index is -1.82. The van der Waals surface area contributed by atoms with E-state index in [-0.39, 0.29) is 12.4 Å². The van der Waals surface area contributed by atoms with Crippen LogP contribution in [-0.2, 0) is 11.1 Å². The van der Waals surface area contributed by atoms with E-state index >= 15 is 0 Å². The molecule has 0 saturated carbocycles. The van der Waals surface area contributed by atoms with E-state index in [0.717, 1.165) is 6.42 Å². The SMILES string of the molecule is CCCS(=O)[O-].Cl. The molecule has 4 heteroatoms. The van der Waals surface area contributed by atoms with Crippen LogP contribution in [-0.4, -0.2) is 14.5 Å². The van der Waals surface area contributed by atoms with E-state index in [4.69, 9.17) is 0 Å². The fourth-order valence-corrected chi connectivity index (χ4v) is 0.500. The Hall–Kier alpha value is 0.400. The van der Waals surface area contributed by atoms with Gasteiger partial charge in [0.1, 0.15) is 0 Å². The molecule has 0 aromatic carbocycles. The van der Waals surface area contributed by atoms with E-state index in [1.807, 2.05) is 6.92 Å². The van der Waals surface area contributed by atoms with Gasteiger partial charge in [-0.05, 0) is 6.42 Å². The average Bonchev–Trinajstić information content (AvgIpc) is 1.35. The Morgan fingerprint density at radius 1 is 1.71 bits per heavy atom. The topological polar surface area (TPSA) is 40.1 Å². The van der Waals surface area contributed by atoms with Crippen LogP contribution >= 0.6 is 12.4 Å². The molecule has 0 saturated heterocycles. The highest BCUT2D eigenvalue weighted by Gasteiger charge is 1.73. The number of rotatable bonds is 2. The van der Waals surface area contributed by atoms with Gasteiger partial charge >= 0.3 is 0 Å². The lowest BCUT2D eigenvalue weighted by Gasteiger charge is -1.97.